The molecule has 4 rings (SSSR count). The predicted octanol–water partition coefficient (Wildman–Crippen LogP) is 1.02. The molecule has 7 nitrogen and oxygen atoms in total. The summed E-state index contributed by atoms with van der Waals surface area (Å²) in [7, 11) is -1.13. The SMILES string of the molecule is Cn1c(N2CCC(NS(=O)(=O)C3CC3)CC2)nc2cccnc21. The van der Waals surface area contributed by atoms with Crippen LogP contribution < -0.4 is 9.62 Å². The van der Waals surface area contributed by atoms with E-state index >= 15 is 0 Å². The van der Waals surface area contributed by atoms with Crippen LogP contribution in [0.25, 0.3) is 11.2 Å². The number of hydrogen-bond acceptors (Lipinski definition) is 5. The van der Waals surface area contributed by atoms with Crippen LogP contribution in [0.1, 0.15) is 25.7 Å². The van der Waals surface area contributed by atoms with Gasteiger partial charge in [0.2, 0.25) is 16.0 Å². The highest BCUT2D eigenvalue weighted by Gasteiger charge is 2.37. The molecule has 1 N–H and O–H groups in total. The highest BCUT2D eigenvalue weighted by Crippen LogP contribution is 2.29. The lowest BCUT2D eigenvalue weighted by Crippen LogP contribution is -2.46. The molecule has 23 heavy (non-hydrogen) atoms. The van der Waals surface area contributed by atoms with E-state index in [2.05, 4.69) is 19.6 Å². The Bertz CT molecular complexity index is 820. The van der Waals surface area contributed by atoms with E-state index in [4.69, 9.17) is 0 Å². The van der Waals surface area contributed by atoms with E-state index in [-0.39, 0.29) is 11.3 Å². The van der Waals surface area contributed by atoms with Gasteiger partial charge in [0.1, 0.15) is 5.52 Å². The fourth-order valence-electron chi connectivity index (χ4n) is 3.20. The third-order valence-corrected chi connectivity index (χ3v) is 6.69. The Labute approximate surface area is 135 Å². The van der Waals surface area contributed by atoms with Crippen LogP contribution >= 0.6 is 0 Å². The number of pyridine rings is 1. The highest BCUT2D eigenvalue weighted by atomic mass is 32.2. The second-order valence-corrected chi connectivity index (χ2v) is 8.43. The lowest BCUT2D eigenvalue weighted by atomic mass is 10.1. The average Bonchev–Trinajstić information content (AvgIpc) is 3.34. The van der Waals surface area contributed by atoms with Crippen molar-refractivity contribution in [2.75, 3.05) is 18.0 Å². The minimum absolute atomic E-state index is 0.0460. The Morgan fingerprint density at radius 1 is 1.22 bits per heavy atom. The highest BCUT2D eigenvalue weighted by molar-refractivity contribution is 7.90. The summed E-state index contributed by atoms with van der Waals surface area (Å²) in [5.74, 6) is 0.905. The molecule has 2 aromatic heterocycles. The van der Waals surface area contributed by atoms with Gasteiger partial charge in [-0.05, 0) is 37.8 Å². The molecule has 0 atom stereocenters. The normalized spacial score (nSPS) is 20.3. The molecule has 3 heterocycles. The first-order valence-corrected chi connectivity index (χ1v) is 9.63. The van der Waals surface area contributed by atoms with Crippen molar-refractivity contribution in [2.24, 2.45) is 7.05 Å². The van der Waals surface area contributed by atoms with Crippen LogP contribution in [0.4, 0.5) is 5.95 Å². The number of imidazole rings is 1. The van der Waals surface area contributed by atoms with Crippen LogP contribution in [-0.4, -0.2) is 47.3 Å². The van der Waals surface area contributed by atoms with E-state index in [1.54, 1.807) is 6.20 Å². The standard InChI is InChI=1S/C15H21N5O2S/c1-19-14-13(3-2-8-16-14)17-15(19)20-9-6-11(7-10-20)18-23(21,22)12-4-5-12/h2-3,8,11-12,18H,4-7,9-10H2,1H3. The fraction of sp³-hybridized carbons (Fsp3) is 0.600. The van der Waals surface area contributed by atoms with Gasteiger partial charge in [0.25, 0.3) is 0 Å². The van der Waals surface area contributed by atoms with E-state index in [1.807, 2.05) is 23.7 Å². The molecule has 1 saturated heterocycles. The maximum Gasteiger partial charge on any atom is 0.214 e. The van der Waals surface area contributed by atoms with Gasteiger partial charge >= 0.3 is 0 Å². The van der Waals surface area contributed by atoms with Gasteiger partial charge in [0.05, 0.1) is 5.25 Å². The minimum Gasteiger partial charge on any atom is -0.342 e. The van der Waals surface area contributed by atoms with Crippen molar-refractivity contribution in [2.45, 2.75) is 37.0 Å². The maximum atomic E-state index is 12.0. The first-order chi connectivity index (χ1) is 11.0. The molecule has 124 valence electrons. The summed E-state index contributed by atoms with van der Waals surface area (Å²) in [6.45, 7) is 1.60. The van der Waals surface area contributed by atoms with Crippen molar-refractivity contribution >= 4 is 27.1 Å². The topological polar surface area (TPSA) is 80.1 Å². The molecular weight excluding hydrogens is 314 g/mol. The Morgan fingerprint density at radius 2 is 1.96 bits per heavy atom. The van der Waals surface area contributed by atoms with Gasteiger partial charge in [-0.1, -0.05) is 0 Å². The van der Waals surface area contributed by atoms with Crippen LogP contribution in [0.3, 0.4) is 0 Å². The van der Waals surface area contributed by atoms with E-state index < -0.39 is 10.0 Å². The van der Waals surface area contributed by atoms with E-state index in [1.165, 1.54) is 0 Å². The van der Waals surface area contributed by atoms with Gasteiger partial charge in [-0.15, -0.1) is 0 Å². The summed E-state index contributed by atoms with van der Waals surface area (Å²) in [6, 6.07) is 3.89. The van der Waals surface area contributed by atoms with Crippen LogP contribution in [0, 0.1) is 0 Å². The number of fused-ring (bicyclic) bond motifs is 1. The number of aryl methyl sites for hydroxylation is 1. The van der Waals surface area contributed by atoms with Crippen molar-refractivity contribution in [3.63, 3.8) is 0 Å². The monoisotopic (exact) mass is 335 g/mol. The quantitative estimate of drug-likeness (QED) is 0.902. The van der Waals surface area contributed by atoms with Gasteiger partial charge in [0.15, 0.2) is 5.65 Å². The Hall–Kier alpha value is -1.67. The molecule has 2 fully saturated rings. The van der Waals surface area contributed by atoms with Crippen molar-refractivity contribution < 1.29 is 8.42 Å². The minimum atomic E-state index is -3.10. The smallest absolute Gasteiger partial charge is 0.214 e. The molecule has 1 aliphatic heterocycles. The van der Waals surface area contributed by atoms with Crippen LogP contribution in [0.15, 0.2) is 18.3 Å². The second-order valence-electron chi connectivity index (χ2n) is 6.44. The van der Waals surface area contributed by atoms with Crippen LogP contribution in [0.2, 0.25) is 0 Å². The molecule has 0 bridgehead atoms. The molecule has 0 aromatic carbocycles. The van der Waals surface area contributed by atoms with Crippen molar-refractivity contribution in [1.29, 1.82) is 0 Å². The van der Waals surface area contributed by atoms with Gasteiger partial charge in [-0.2, -0.15) is 0 Å². The molecule has 0 unspecified atom stereocenters. The first kappa shape index (κ1) is 14.9. The van der Waals surface area contributed by atoms with E-state index in [0.29, 0.717) is 0 Å². The molecule has 1 aliphatic carbocycles. The zero-order valence-corrected chi connectivity index (χ0v) is 14.0. The van der Waals surface area contributed by atoms with E-state index in [9.17, 15) is 8.42 Å². The van der Waals surface area contributed by atoms with Gasteiger partial charge < -0.3 is 4.90 Å². The largest absolute Gasteiger partial charge is 0.342 e. The molecule has 2 aromatic rings. The van der Waals surface area contributed by atoms with E-state index in [0.717, 1.165) is 55.9 Å². The number of piperidine rings is 1. The maximum absolute atomic E-state index is 12.0. The summed E-state index contributed by atoms with van der Waals surface area (Å²) >= 11 is 0. The summed E-state index contributed by atoms with van der Waals surface area (Å²) in [6.07, 6.45) is 5.00. The Balaban J connectivity index is 1.45. The number of rotatable bonds is 4. The van der Waals surface area contributed by atoms with Crippen LogP contribution in [-0.2, 0) is 17.1 Å². The molecule has 0 amide bonds. The molecule has 0 radical (unpaired) electrons. The Kier molecular flexibility index (Phi) is 3.53. The average molecular weight is 335 g/mol. The van der Waals surface area contributed by atoms with Crippen molar-refractivity contribution in [3.05, 3.63) is 18.3 Å². The number of sulfonamides is 1. The summed E-state index contributed by atoms with van der Waals surface area (Å²) < 4.78 is 28.9. The van der Waals surface area contributed by atoms with Gasteiger partial charge in [0, 0.05) is 32.4 Å². The van der Waals surface area contributed by atoms with Crippen LogP contribution in [0.5, 0.6) is 0 Å². The zero-order chi connectivity index (χ0) is 16.0. The Morgan fingerprint density at radius 3 is 2.61 bits per heavy atom. The first-order valence-electron chi connectivity index (χ1n) is 8.08. The third kappa shape index (κ3) is 2.81. The fourth-order valence-corrected chi connectivity index (χ4v) is 4.85. The third-order valence-electron chi connectivity index (χ3n) is 4.68. The number of nitrogens with zero attached hydrogens (tertiary/aromatic N) is 4. The number of nitrogens with one attached hydrogen (secondary N) is 1. The molecule has 2 aliphatic rings. The molecule has 1 saturated carbocycles. The lowest BCUT2D eigenvalue weighted by molar-refractivity contribution is 0.454. The number of anilines is 1. The molecule has 0 spiro atoms. The van der Waals surface area contributed by atoms with Crippen molar-refractivity contribution in [3.8, 4) is 0 Å². The van der Waals surface area contributed by atoms with Crippen molar-refractivity contribution in [1.82, 2.24) is 19.3 Å². The molecule has 8 heteroatoms. The van der Waals surface area contributed by atoms with Gasteiger partial charge in [-0.3, -0.25) is 4.57 Å². The molecular formula is C15H21N5O2S. The number of hydrogen-bond donors (Lipinski definition) is 1. The summed E-state index contributed by atoms with van der Waals surface area (Å²) in [5, 5.41) is -0.147. The summed E-state index contributed by atoms with van der Waals surface area (Å²) in [5.41, 5.74) is 1.76. The summed E-state index contributed by atoms with van der Waals surface area (Å²) in [4.78, 5) is 11.2. The predicted molar refractivity (Wildman–Crippen MR) is 88.8 cm³/mol. The second kappa shape index (κ2) is 5.45. The number of aromatic nitrogens is 3. The zero-order valence-electron chi connectivity index (χ0n) is 13.1. The lowest BCUT2D eigenvalue weighted by Gasteiger charge is -2.32. The van der Waals surface area contributed by atoms with Gasteiger partial charge in [-0.25, -0.2) is 23.1 Å².